The predicted molar refractivity (Wildman–Crippen MR) is 131 cm³/mol. The Morgan fingerprint density at radius 1 is 0.973 bits per heavy atom. The number of benzene rings is 1. The summed E-state index contributed by atoms with van der Waals surface area (Å²) in [5, 5.41) is 14.6. The largest absolute Gasteiger partial charge is 0.410 e. The van der Waals surface area contributed by atoms with Gasteiger partial charge < -0.3 is 10.6 Å². The lowest BCUT2D eigenvalue weighted by Crippen LogP contribution is -2.52. The molecule has 3 aromatic rings. The van der Waals surface area contributed by atoms with E-state index in [1.807, 2.05) is 16.9 Å². The summed E-state index contributed by atoms with van der Waals surface area (Å²) in [5.74, 6) is 1.86. The summed E-state index contributed by atoms with van der Waals surface area (Å²) in [6, 6.07) is 6.56. The fraction of sp³-hybridized carbons (Fsp3) is 0.519. The maximum Gasteiger partial charge on any atom is 0.410 e. The molecular weight excluding hydrogens is 481 g/mol. The number of halogens is 3. The van der Waals surface area contributed by atoms with E-state index in [4.69, 9.17) is 0 Å². The van der Waals surface area contributed by atoms with Crippen LogP contribution in [0, 0.1) is 17.8 Å². The standard InChI is InChI=1S/C27H29F3N6O/c28-27(29,30)23-9-22(19-4-2-1-3-5-19)34-24-21(14-32-36(23)24)25(37)33-20-13-31-35(15-20)26-10-16-6-17(11-26)8-18(7-16)12-26/h1-5,13-18,22-23,34H,6-12H2,(H,33,37)/t16?,17?,18?,22-,23-,26?/m1/s1. The highest BCUT2D eigenvalue weighted by molar-refractivity contribution is 6.07. The van der Waals surface area contributed by atoms with E-state index in [9.17, 15) is 18.0 Å². The van der Waals surface area contributed by atoms with Gasteiger partial charge >= 0.3 is 6.18 Å². The van der Waals surface area contributed by atoms with Crippen molar-refractivity contribution in [3.8, 4) is 0 Å². The molecule has 1 aliphatic heterocycles. The Labute approximate surface area is 212 Å². The summed E-state index contributed by atoms with van der Waals surface area (Å²) in [6.45, 7) is 0. The number of carbonyl (C=O) groups is 1. The lowest BCUT2D eigenvalue weighted by molar-refractivity contribution is -0.173. The Hall–Kier alpha value is -3.30. The number of amides is 1. The van der Waals surface area contributed by atoms with Crippen molar-refractivity contribution in [2.24, 2.45) is 17.8 Å². The van der Waals surface area contributed by atoms with E-state index in [2.05, 4.69) is 20.8 Å². The average molecular weight is 511 g/mol. The molecule has 2 N–H and O–H groups in total. The van der Waals surface area contributed by atoms with Gasteiger partial charge in [-0.15, -0.1) is 0 Å². The third-order valence-electron chi connectivity index (χ3n) is 9.02. The number of aromatic nitrogens is 4. The number of rotatable bonds is 4. The molecule has 0 radical (unpaired) electrons. The Morgan fingerprint density at radius 2 is 1.65 bits per heavy atom. The molecule has 4 saturated carbocycles. The van der Waals surface area contributed by atoms with Gasteiger partial charge in [0.1, 0.15) is 11.4 Å². The third-order valence-corrected chi connectivity index (χ3v) is 9.02. The van der Waals surface area contributed by atoms with E-state index in [-0.39, 0.29) is 23.3 Å². The Bertz CT molecular complexity index is 1290. The number of nitrogens with one attached hydrogen (secondary N) is 2. The smallest absolute Gasteiger partial charge is 0.363 e. The van der Waals surface area contributed by atoms with Crippen LogP contribution in [0.4, 0.5) is 24.7 Å². The number of nitrogens with zero attached hydrogens (tertiary/aromatic N) is 4. The topological polar surface area (TPSA) is 76.8 Å². The fourth-order valence-electron chi connectivity index (χ4n) is 7.82. The number of fused-ring (bicyclic) bond motifs is 1. The van der Waals surface area contributed by atoms with Crippen molar-refractivity contribution >= 4 is 17.4 Å². The summed E-state index contributed by atoms with van der Waals surface area (Å²) >= 11 is 0. The van der Waals surface area contributed by atoms with Crippen LogP contribution in [0.15, 0.2) is 48.9 Å². The van der Waals surface area contributed by atoms with E-state index in [1.165, 1.54) is 25.5 Å². The third kappa shape index (κ3) is 3.83. The molecule has 0 saturated heterocycles. The minimum atomic E-state index is -4.50. The second-order valence-electron chi connectivity index (χ2n) is 11.5. The molecular formula is C27H29F3N6O. The first-order valence-electron chi connectivity index (χ1n) is 13.1. The molecule has 4 bridgehead atoms. The van der Waals surface area contributed by atoms with Gasteiger partial charge in [0.05, 0.1) is 29.7 Å². The van der Waals surface area contributed by atoms with Crippen LogP contribution in [0.25, 0.3) is 0 Å². The molecule has 7 nitrogen and oxygen atoms in total. The van der Waals surface area contributed by atoms with Crippen molar-refractivity contribution in [3.63, 3.8) is 0 Å². The molecule has 10 heteroatoms. The normalized spacial score (nSPS) is 32.1. The molecule has 1 amide bonds. The van der Waals surface area contributed by atoms with E-state index in [0.29, 0.717) is 5.69 Å². The van der Waals surface area contributed by atoms with Gasteiger partial charge in [0.25, 0.3) is 5.91 Å². The highest BCUT2D eigenvalue weighted by Gasteiger charge is 2.52. The van der Waals surface area contributed by atoms with Crippen LogP contribution in [-0.4, -0.2) is 31.6 Å². The summed E-state index contributed by atoms with van der Waals surface area (Å²) in [7, 11) is 0. The van der Waals surface area contributed by atoms with Gasteiger partial charge in [0.15, 0.2) is 6.04 Å². The van der Waals surface area contributed by atoms with Gasteiger partial charge in [-0.3, -0.25) is 9.48 Å². The van der Waals surface area contributed by atoms with Crippen LogP contribution >= 0.6 is 0 Å². The van der Waals surface area contributed by atoms with E-state index in [1.54, 1.807) is 30.5 Å². The Balaban J connectivity index is 1.15. The van der Waals surface area contributed by atoms with Crippen molar-refractivity contribution in [2.75, 3.05) is 10.6 Å². The molecule has 2 atom stereocenters. The monoisotopic (exact) mass is 510 g/mol. The lowest BCUT2D eigenvalue weighted by Gasteiger charge is -2.56. The minimum absolute atomic E-state index is 0.0268. The molecule has 1 aromatic carbocycles. The SMILES string of the molecule is O=C(Nc1cnn(C23CC4CC(CC(C4)C2)C3)c1)c1cnn2c1N[C@@H](c1ccccc1)C[C@@H]2C(F)(F)F. The minimum Gasteiger partial charge on any atom is -0.363 e. The first kappa shape index (κ1) is 22.9. The van der Waals surface area contributed by atoms with Crippen molar-refractivity contribution in [1.29, 1.82) is 0 Å². The zero-order valence-electron chi connectivity index (χ0n) is 20.3. The molecule has 8 rings (SSSR count). The lowest BCUT2D eigenvalue weighted by atomic mass is 9.53. The highest BCUT2D eigenvalue weighted by atomic mass is 19.4. The fourth-order valence-corrected chi connectivity index (χ4v) is 7.82. The predicted octanol–water partition coefficient (Wildman–Crippen LogP) is 5.92. The molecule has 37 heavy (non-hydrogen) atoms. The number of carbonyl (C=O) groups excluding carboxylic acids is 1. The Morgan fingerprint density at radius 3 is 2.30 bits per heavy atom. The van der Waals surface area contributed by atoms with Crippen LogP contribution < -0.4 is 10.6 Å². The molecule has 4 aliphatic carbocycles. The van der Waals surface area contributed by atoms with Crippen molar-refractivity contribution in [3.05, 3.63) is 60.0 Å². The summed E-state index contributed by atoms with van der Waals surface area (Å²) in [5.41, 5.74) is 1.38. The van der Waals surface area contributed by atoms with Crippen LogP contribution in [-0.2, 0) is 5.54 Å². The Kier molecular flexibility index (Phi) is 5.00. The van der Waals surface area contributed by atoms with E-state index >= 15 is 0 Å². The second kappa shape index (κ2) is 8.10. The molecule has 2 aromatic heterocycles. The van der Waals surface area contributed by atoms with Crippen molar-refractivity contribution in [1.82, 2.24) is 19.6 Å². The maximum atomic E-state index is 14.0. The molecule has 3 heterocycles. The van der Waals surface area contributed by atoms with Crippen LogP contribution in [0.2, 0.25) is 0 Å². The molecule has 0 unspecified atom stereocenters. The first-order chi connectivity index (χ1) is 17.8. The quantitative estimate of drug-likeness (QED) is 0.457. The van der Waals surface area contributed by atoms with E-state index < -0.39 is 24.2 Å². The van der Waals surface area contributed by atoms with Gasteiger partial charge in [0.2, 0.25) is 0 Å². The van der Waals surface area contributed by atoms with Gasteiger partial charge in [-0.25, -0.2) is 4.68 Å². The second-order valence-corrected chi connectivity index (χ2v) is 11.5. The van der Waals surface area contributed by atoms with Crippen LogP contribution in [0.5, 0.6) is 0 Å². The average Bonchev–Trinajstić information content (AvgIpc) is 3.50. The van der Waals surface area contributed by atoms with Gasteiger partial charge in [-0.05, 0) is 61.8 Å². The summed E-state index contributed by atoms with van der Waals surface area (Å²) in [4.78, 5) is 13.3. The van der Waals surface area contributed by atoms with Crippen molar-refractivity contribution in [2.45, 2.75) is 68.7 Å². The molecule has 0 spiro atoms. The van der Waals surface area contributed by atoms with Crippen LogP contribution in [0.3, 0.4) is 0 Å². The van der Waals surface area contributed by atoms with Gasteiger partial charge in [-0.1, -0.05) is 30.3 Å². The van der Waals surface area contributed by atoms with Crippen LogP contribution in [0.1, 0.15) is 73.0 Å². The molecule has 194 valence electrons. The summed E-state index contributed by atoms with van der Waals surface area (Å²) < 4.78 is 44.9. The molecule has 4 fully saturated rings. The number of anilines is 2. The maximum absolute atomic E-state index is 14.0. The van der Waals surface area contributed by atoms with Crippen molar-refractivity contribution < 1.29 is 18.0 Å². The van der Waals surface area contributed by atoms with E-state index in [0.717, 1.165) is 47.3 Å². The zero-order valence-corrected chi connectivity index (χ0v) is 20.3. The molecule has 5 aliphatic rings. The number of hydrogen-bond acceptors (Lipinski definition) is 4. The first-order valence-corrected chi connectivity index (χ1v) is 13.1. The highest BCUT2D eigenvalue weighted by Crippen LogP contribution is 2.58. The summed E-state index contributed by atoms with van der Waals surface area (Å²) in [6.07, 6.45) is 7.42. The number of hydrogen-bond donors (Lipinski definition) is 2. The zero-order chi connectivity index (χ0) is 25.4. The number of alkyl halides is 3. The van der Waals surface area contributed by atoms with Gasteiger partial charge in [0, 0.05) is 12.6 Å². The van der Waals surface area contributed by atoms with Gasteiger partial charge in [-0.2, -0.15) is 23.4 Å².